The fourth-order valence-corrected chi connectivity index (χ4v) is 3.49. The molecule has 6 nitrogen and oxygen atoms in total. The Balaban J connectivity index is 1.71. The Morgan fingerprint density at radius 1 is 1.38 bits per heavy atom. The van der Waals surface area contributed by atoms with Gasteiger partial charge in [-0.25, -0.2) is 9.89 Å². The van der Waals surface area contributed by atoms with E-state index in [1.54, 1.807) is 4.57 Å². The molecule has 0 spiro atoms. The number of piperidine rings is 1. The van der Waals surface area contributed by atoms with Crippen LogP contribution in [0.15, 0.2) is 29.1 Å². The van der Waals surface area contributed by atoms with Crippen LogP contribution in [-0.4, -0.2) is 38.7 Å². The molecule has 1 N–H and O–H groups in total. The zero-order valence-electron chi connectivity index (χ0n) is 14.3. The van der Waals surface area contributed by atoms with Crippen molar-refractivity contribution in [2.45, 2.75) is 39.7 Å². The molecular formula is C18H24N4O2. The number of amides is 1. The number of carbonyl (C=O) groups is 1. The number of rotatable bonds is 4. The van der Waals surface area contributed by atoms with E-state index in [0.29, 0.717) is 12.5 Å². The predicted octanol–water partition coefficient (Wildman–Crippen LogP) is 1.99. The van der Waals surface area contributed by atoms with E-state index in [2.05, 4.69) is 10.2 Å². The average molecular weight is 328 g/mol. The van der Waals surface area contributed by atoms with Gasteiger partial charge in [-0.1, -0.05) is 18.2 Å². The average Bonchev–Trinajstić information content (AvgIpc) is 2.94. The van der Waals surface area contributed by atoms with Gasteiger partial charge in [0.25, 0.3) is 5.91 Å². The van der Waals surface area contributed by atoms with Gasteiger partial charge in [-0.15, -0.1) is 0 Å². The number of nitrogens with one attached hydrogen (secondary N) is 1. The third-order valence-electron chi connectivity index (χ3n) is 4.81. The van der Waals surface area contributed by atoms with Crippen LogP contribution in [-0.2, 0) is 13.0 Å². The molecule has 24 heavy (non-hydrogen) atoms. The van der Waals surface area contributed by atoms with Crippen molar-refractivity contribution in [1.29, 1.82) is 0 Å². The number of aromatic amines is 1. The molecule has 6 heteroatoms. The highest BCUT2D eigenvalue weighted by Crippen LogP contribution is 2.22. The van der Waals surface area contributed by atoms with Gasteiger partial charge in [0, 0.05) is 31.6 Å². The van der Waals surface area contributed by atoms with Crippen molar-refractivity contribution in [2.24, 2.45) is 5.92 Å². The second kappa shape index (κ2) is 7.03. The summed E-state index contributed by atoms with van der Waals surface area (Å²) in [6.07, 6.45) is 2.77. The molecule has 0 aliphatic carbocycles. The summed E-state index contributed by atoms with van der Waals surface area (Å²) in [7, 11) is 0. The number of aryl methyl sites for hydroxylation is 1. The molecule has 0 unspecified atom stereocenters. The second-order valence-corrected chi connectivity index (χ2v) is 6.47. The third-order valence-corrected chi connectivity index (χ3v) is 4.81. The van der Waals surface area contributed by atoms with Crippen LogP contribution < -0.4 is 5.69 Å². The van der Waals surface area contributed by atoms with Crippen molar-refractivity contribution in [3.63, 3.8) is 0 Å². The maximum absolute atomic E-state index is 12.8. The Morgan fingerprint density at radius 3 is 2.92 bits per heavy atom. The highest BCUT2D eigenvalue weighted by atomic mass is 16.2. The Morgan fingerprint density at radius 2 is 2.17 bits per heavy atom. The SMILES string of the molecule is CCn1c(C[C@@H]2CCCN(C(=O)c3ccccc3C)C2)n[nH]c1=O. The number of benzene rings is 1. The lowest BCUT2D eigenvalue weighted by Gasteiger charge is -2.33. The van der Waals surface area contributed by atoms with E-state index in [1.165, 1.54) is 0 Å². The zero-order valence-corrected chi connectivity index (χ0v) is 14.3. The number of hydrogen-bond acceptors (Lipinski definition) is 3. The monoisotopic (exact) mass is 328 g/mol. The smallest absolute Gasteiger partial charge is 0.338 e. The fourth-order valence-electron chi connectivity index (χ4n) is 3.49. The van der Waals surface area contributed by atoms with Crippen LogP contribution in [0.1, 0.15) is 41.5 Å². The maximum Gasteiger partial charge on any atom is 0.343 e. The Labute approximate surface area is 141 Å². The number of H-pyrrole nitrogens is 1. The summed E-state index contributed by atoms with van der Waals surface area (Å²) in [6.45, 7) is 6.04. The molecule has 1 saturated heterocycles. The van der Waals surface area contributed by atoms with Crippen LogP contribution >= 0.6 is 0 Å². The summed E-state index contributed by atoms with van der Waals surface area (Å²) in [6, 6.07) is 7.72. The summed E-state index contributed by atoms with van der Waals surface area (Å²) in [4.78, 5) is 26.4. The van der Waals surface area contributed by atoms with Gasteiger partial charge in [0.1, 0.15) is 5.82 Å². The molecule has 1 aromatic heterocycles. The van der Waals surface area contributed by atoms with Crippen LogP contribution in [0.5, 0.6) is 0 Å². The minimum atomic E-state index is -0.156. The molecule has 1 amide bonds. The number of carbonyl (C=O) groups excluding carboxylic acids is 1. The molecule has 128 valence electrons. The van der Waals surface area contributed by atoms with Gasteiger partial charge in [-0.3, -0.25) is 9.36 Å². The Bertz CT molecular complexity index is 777. The van der Waals surface area contributed by atoms with Gasteiger partial charge >= 0.3 is 5.69 Å². The minimum Gasteiger partial charge on any atom is -0.338 e. The highest BCUT2D eigenvalue weighted by Gasteiger charge is 2.26. The molecule has 0 bridgehead atoms. The topological polar surface area (TPSA) is 71.0 Å². The molecule has 1 fully saturated rings. The van der Waals surface area contributed by atoms with Crippen molar-refractivity contribution >= 4 is 5.91 Å². The molecular weight excluding hydrogens is 304 g/mol. The summed E-state index contributed by atoms with van der Waals surface area (Å²) in [5.74, 6) is 1.23. The van der Waals surface area contributed by atoms with E-state index in [1.807, 2.05) is 43.0 Å². The number of nitrogens with zero attached hydrogens (tertiary/aromatic N) is 3. The molecule has 0 radical (unpaired) electrons. The lowest BCUT2D eigenvalue weighted by atomic mass is 9.93. The standard InChI is InChI=1S/C18H24N4O2/c1-3-22-16(19-20-18(22)24)11-14-8-6-10-21(12-14)17(23)15-9-5-4-7-13(15)2/h4-5,7,9,14H,3,6,8,10-12H2,1-2H3,(H,20,24)/t14-/m0/s1. The first-order valence-electron chi connectivity index (χ1n) is 8.59. The van der Waals surface area contributed by atoms with Crippen molar-refractivity contribution in [3.05, 3.63) is 51.7 Å². The van der Waals surface area contributed by atoms with Gasteiger partial charge in [0.2, 0.25) is 0 Å². The molecule has 1 aliphatic heterocycles. The first-order chi connectivity index (χ1) is 11.6. The highest BCUT2D eigenvalue weighted by molar-refractivity contribution is 5.95. The fraction of sp³-hybridized carbons (Fsp3) is 0.500. The van der Waals surface area contributed by atoms with Crippen LogP contribution in [0.4, 0.5) is 0 Å². The molecule has 3 rings (SSSR count). The minimum absolute atomic E-state index is 0.104. The number of likely N-dealkylation sites (tertiary alicyclic amines) is 1. The van der Waals surface area contributed by atoms with Gasteiger partial charge in [0.15, 0.2) is 0 Å². The maximum atomic E-state index is 12.8. The van der Waals surface area contributed by atoms with Gasteiger partial charge in [0.05, 0.1) is 0 Å². The van der Waals surface area contributed by atoms with Crippen molar-refractivity contribution < 1.29 is 4.79 Å². The summed E-state index contributed by atoms with van der Waals surface area (Å²) >= 11 is 0. The first kappa shape index (κ1) is 16.5. The normalized spacial score (nSPS) is 17.9. The Hall–Kier alpha value is -2.37. The first-order valence-corrected chi connectivity index (χ1v) is 8.59. The van der Waals surface area contributed by atoms with Gasteiger partial charge in [-0.05, 0) is 44.2 Å². The molecule has 1 aromatic carbocycles. The van der Waals surface area contributed by atoms with E-state index in [0.717, 1.165) is 49.3 Å². The van der Waals surface area contributed by atoms with E-state index in [4.69, 9.17) is 0 Å². The van der Waals surface area contributed by atoms with E-state index < -0.39 is 0 Å². The lowest BCUT2D eigenvalue weighted by Crippen LogP contribution is -2.41. The molecule has 1 aliphatic rings. The largest absolute Gasteiger partial charge is 0.343 e. The summed E-state index contributed by atoms with van der Waals surface area (Å²) in [5.41, 5.74) is 1.64. The number of hydrogen-bond donors (Lipinski definition) is 1. The van der Waals surface area contributed by atoms with Crippen LogP contribution in [0, 0.1) is 12.8 Å². The third kappa shape index (κ3) is 3.27. The quantitative estimate of drug-likeness (QED) is 0.933. The van der Waals surface area contributed by atoms with Crippen molar-refractivity contribution in [3.8, 4) is 0 Å². The van der Waals surface area contributed by atoms with Crippen LogP contribution in [0.3, 0.4) is 0 Å². The molecule has 1 atom stereocenters. The summed E-state index contributed by atoms with van der Waals surface area (Å²) in [5, 5.41) is 6.67. The predicted molar refractivity (Wildman–Crippen MR) is 92.0 cm³/mol. The van der Waals surface area contributed by atoms with Crippen molar-refractivity contribution in [1.82, 2.24) is 19.7 Å². The van der Waals surface area contributed by atoms with Crippen molar-refractivity contribution in [2.75, 3.05) is 13.1 Å². The lowest BCUT2D eigenvalue weighted by molar-refractivity contribution is 0.0671. The molecule has 2 aromatic rings. The summed E-state index contributed by atoms with van der Waals surface area (Å²) < 4.78 is 1.67. The molecule has 0 saturated carbocycles. The second-order valence-electron chi connectivity index (χ2n) is 6.47. The van der Waals surface area contributed by atoms with E-state index >= 15 is 0 Å². The van der Waals surface area contributed by atoms with Gasteiger partial charge in [-0.2, -0.15) is 5.10 Å². The zero-order chi connectivity index (χ0) is 17.1. The molecule has 2 heterocycles. The van der Waals surface area contributed by atoms with Crippen LogP contribution in [0.2, 0.25) is 0 Å². The number of aromatic nitrogens is 3. The Kier molecular flexibility index (Phi) is 4.83. The van der Waals surface area contributed by atoms with E-state index in [-0.39, 0.29) is 11.6 Å². The van der Waals surface area contributed by atoms with Crippen LogP contribution in [0.25, 0.3) is 0 Å². The van der Waals surface area contributed by atoms with Gasteiger partial charge < -0.3 is 4.90 Å². The van der Waals surface area contributed by atoms with E-state index in [9.17, 15) is 9.59 Å².